The molecule has 9 nitrogen and oxygen atoms in total. The maximum absolute atomic E-state index is 13.9. The highest BCUT2D eigenvalue weighted by Gasteiger charge is 2.47. The lowest BCUT2D eigenvalue weighted by molar-refractivity contribution is -0.145. The van der Waals surface area contributed by atoms with Gasteiger partial charge >= 0.3 is 5.97 Å². The highest BCUT2D eigenvalue weighted by atomic mass is 16.5. The Morgan fingerprint density at radius 1 is 1.08 bits per heavy atom. The van der Waals surface area contributed by atoms with Crippen molar-refractivity contribution in [3.63, 3.8) is 0 Å². The monoisotopic (exact) mass is 492 g/mol. The minimum atomic E-state index is -0.560. The van der Waals surface area contributed by atoms with Gasteiger partial charge in [0.2, 0.25) is 0 Å². The molecule has 0 N–H and O–H groups in total. The molecule has 2 amide bonds. The summed E-state index contributed by atoms with van der Waals surface area (Å²) < 4.78 is 10.7. The number of amides is 2. The van der Waals surface area contributed by atoms with Crippen molar-refractivity contribution < 1.29 is 23.5 Å². The molecule has 1 saturated carbocycles. The number of fused-ring (bicyclic) bond motifs is 1. The van der Waals surface area contributed by atoms with E-state index in [0.29, 0.717) is 38.5 Å². The van der Waals surface area contributed by atoms with Gasteiger partial charge in [0, 0.05) is 62.8 Å². The van der Waals surface area contributed by atoms with Crippen LogP contribution in [0.15, 0.2) is 58.6 Å². The van der Waals surface area contributed by atoms with Gasteiger partial charge in [-0.25, -0.2) is 4.79 Å². The molecule has 4 heterocycles. The summed E-state index contributed by atoms with van der Waals surface area (Å²) >= 11 is 0. The Kier molecular flexibility index (Phi) is 7.06. The van der Waals surface area contributed by atoms with Crippen LogP contribution in [0, 0.1) is 5.92 Å². The number of carbonyl (C=O) groups is 3. The van der Waals surface area contributed by atoms with Gasteiger partial charge in [-0.15, -0.1) is 0 Å². The fraction of sp³-hybridized carbons (Fsp3) is 0.481. The Morgan fingerprint density at radius 2 is 1.83 bits per heavy atom. The van der Waals surface area contributed by atoms with Crippen LogP contribution in [0.4, 0.5) is 0 Å². The third-order valence-corrected chi connectivity index (χ3v) is 7.43. The predicted octanol–water partition coefficient (Wildman–Crippen LogP) is 2.85. The SMILES string of the molecule is CCOC(=O)C1=C(N2CCN(C(=O)c3ccco3)CC2)C2CCCCC2N(Cc2ccncc2)C1=O. The van der Waals surface area contributed by atoms with E-state index in [4.69, 9.17) is 9.15 Å². The molecule has 36 heavy (non-hydrogen) atoms. The molecule has 2 atom stereocenters. The van der Waals surface area contributed by atoms with E-state index in [9.17, 15) is 14.4 Å². The van der Waals surface area contributed by atoms with Crippen LogP contribution in [0.1, 0.15) is 48.7 Å². The number of piperazine rings is 1. The van der Waals surface area contributed by atoms with E-state index in [1.807, 2.05) is 17.0 Å². The average molecular weight is 493 g/mol. The van der Waals surface area contributed by atoms with Gasteiger partial charge in [-0.05, 0) is 49.6 Å². The molecule has 5 rings (SSSR count). The molecule has 0 aromatic carbocycles. The van der Waals surface area contributed by atoms with Gasteiger partial charge in [0.25, 0.3) is 11.8 Å². The highest BCUT2D eigenvalue weighted by Crippen LogP contribution is 2.42. The topological polar surface area (TPSA) is 96.2 Å². The molecule has 9 heteroatoms. The number of furan rings is 1. The number of aromatic nitrogens is 1. The Hall–Kier alpha value is -3.62. The van der Waals surface area contributed by atoms with Crippen molar-refractivity contribution in [1.29, 1.82) is 0 Å². The molecular weight excluding hydrogens is 460 g/mol. The lowest BCUT2D eigenvalue weighted by Gasteiger charge is -2.49. The van der Waals surface area contributed by atoms with E-state index < -0.39 is 5.97 Å². The zero-order valence-corrected chi connectivity index (χ0v) is 20.6. The first-order chi connectivity index (χ1) is 17.6. The minimum absolute atomic E-state index is 0.0235. The highest BCUT2D eigenvalue weighted by molar-refractivity contribution is 6.17. The fourth-order valence-electron chi connectivity index (χ4n) is 5.76. The van der Waals surface area contributed by atoms with Crippen molar-refractivity contribution in [2.45, 2.75) is 45.2 Å². The third-order valence-electron chi connectivity index (χ3n) is 7.43. The summed E-state index contributed by atoms with van der Waals surface area (Å²) in [5.74, 6) is -0.585. The summed E-state index contributed by atoms with van der Waals surface area (Å²) in [6.07, 6.45) is 8.85. The summed E-state index contributed by atoms with van der Waals surface area (Å²) in [6, 6.07) is 7.21. The van der Waals surface area contributed by atoms with Crippen LogP contribution < -0.4 is 0 Å². The number of hydrogen-bond acceptors (Lipinski definition) is 7. The largest absolute Gasteiger partial charge is 0.462 e. The molecule has 2 aliphatic heterocycles. The molecule has 3 aliphatic rings. The molecule has 2 unspecified atom stereocenters. The second kappa shape index (κ2) is 10.6. The Balaban J connectivity index is 1.45. The maximum Gasteiger partial charge on any atom is 0.345 e. The molecule has 0 radical (unpaired) electrons. The van der Waals surface area contributed by atoms with E-state index in [0.717, 1.165) is 36.9 Å². The van der Waals surface area contributed by atoms with Crippen LogP contribution in [0.2, 0.25) is 0 Å². The average Bonchev–Trinajstić information content (AvgIpc) is 3.45. The number of hydrogen-bond donors (Lipinski definition) is 0. The molecule has 0 spiro atoms. The molecule has 2 aromatic rings. The van der Waals surface area contributed by atoms with Gasteiger partial charge in [0.05, 0.1) is 12.9 Å². The van der Waals surface area contributed by atoms with Crippen molar-refractivity contribution in [3.05, 3.63) is 65.5 Å². The number of rotatable bonds is 6. The normalized spacial score (nSPS) is 22.5. The molecule has 0 bridgehead atoms. The second-order valence-corrected chi connectivity index (χ2v) is 9.48. The molecule has 2 fully saturated rings. The van der Waals surface area contributed by atoms with Crippen molar-refractivity contribution in [2.75, 3.05) is 32.8 Å². The van der Waals surface area contributed by atoms with Crippen LogP contribution >= 0.6 is 0 Å². The molecule has 190 valence electrons. The lowest BCUT2D eigenvalue weighted by atomic mass is 9.76. The number of nitrogens with zero attached hydrogens (tertiary/aromatic N) is 4. The number of pyridine rings is 1. The summed E-state index contributed by atoms with van der Waals surface area (Å²) in [5.41, 5.74) is 1.94. The smallest absolute Gasteiger partial charge is 0.345 e. The Labute approximate surface area is 210 Å². The van der Waals surface area contributed by atoms with Gasteiger partial charge in [-0.1, -0.05) is 12.8 Å². The number of ether oxygens (including phenoxy) is 1. The molecule has 1 saturated heterocycles. The summed E-state index contributed by atoms with van der Waals surface area (Å²) in [7, 11) is 0. The quantitative estimate of drug-likeness (QED) is 0.452. The van der Waals surface area contributed by atoms with Crippen molar-refractivity contribution in [2.24, 2.45) is 5.92 Å². The van der Waals surface area contributed by atoms with Crippen LogP contribution in [0.25, 0.3) is 0 Å². The van der Waals surface area contributed by atoms with Gasteiger partial charge < -0.3 is 23.9 Å². The van der Waals surface area contributed by atoms with Crippen molar-refractivity contribution >= 4 is 17.8 Å². The Morgan fingerprint density at radius 3 is 2.53 bits per heavy atom. The number of esters is 1. The van der Waals surface area contributed by atoms with Crippen LogP contribution in [-0.2, 0) is 20.9 Å². The van der Waals surface area contributed by atoms with E-state index in [1.165, 1.54) is 6.26 Å². The number of carbonyl (C=O) groups excluding carboxylic acids is 3. The zero-order chi connectivity index (χ0) is 25.1. The van der Waals surface area contributed by atoms with Gasteiger partial charge in [-0.2, -0.15) is 0 Å². The first-order valence-electron chi connectivity index (χ1n) is 12.8. The molecule has 2 aromatic heterocycles. The van der Waals surface area contributed by atoms with Crippen molar-refractivity contribution in [1.82, 2.24) is 19.7 Å². The zero-order valence-electron chi connectivity index (χ0n) is 20.6. The molecule has 1 aliphatic carbocycles. The van der Waals surface area contributed by atoms with E-state index in [1.54, 1.807) is 36.4 Å². The predicted molar refractivity (Wildman–Crippen MR) is 130 cm³/mol. The lowest BCUT2D eigenvalue weighted by Crippen LogP contribution is -2.57. The van der Waals surface area contributed by atoms with E-state index >= 15 is 0 Å². The van der Waals surface area contributed by atoms with Gasteiger partial charge in [0.15, 0.2) is 5.76 Å². The maximum atomic E-state index is 13.9. The Bertz CT molecular complexity index is 1120. The summed E-state index contributed by atoms with van der Waals surface area (Å²) in [6.45, 7) is 4.47. The fourth-order valence-corrected chi connectivity index (χ4v) is 5.76. The summed E-state index contributed by atoms with van der Waals surface area (Å²) in [4.78, 5) is 49.8. The first-order valence-corrected chi connectivity index (χ1v) is 12.8. The van der Waals surface area contributed by atoms with Crippen LogP contribution in [-0.4, -0.2) is 76.3 Å². The van der Waals surface area contributed by atoms with Crippen molar-refractivity contribution in [3.8, 4) is 0 Å². The standard InChI is InChI=1S/C27H32N4O5/c1-2-35-27(34)23-24(29-13-15-30(16-14-29)25(32)22-8-5-17-36-22)20-6-3-4-7-21(20)31(26(23)33)18-19-9-11-28-12-10-19/h5,8-12,17,20-21H,2-4,6-7,13-16,18H2,1H3. The van der Waals surface area contributed by atoms with E-state index in [2.05, 4.69) is 9.88 Å². The van der Waals surface area contributed by atoms with Gasteiger partial charge in [-0.3, -0.25) is 14.6 Å². The van der Waals surface area contributed by atoms with E-state index in [-0.39, 0.29) is 36.0 Å². The molecular formula is C27H32N4O5. The first kappa shape index (κ1) is 24.1. The minimum Gasteiger partial charge on any atom is -0.462 e. The van der Waals surface area contributed by atoms with Crippen LogP contribution in [0.3, 0.4) is 0 Å². The second-order valence-electron chi connectivity index (χ2n) is 9.48. The third kappa shape index (κ3) is 4.62. The van der Waals surface area contributed by atoms with Crippen LogP contribution in [0.5, 0.6) is 0 Å². The summed E-state index contributed by atoms with van der Waals surface area (Å²) in [5, 5.41) is 0. The van der Waals surface area contributed by atoms with Gasteiger partial charge in [0.1, 0.15) is 5.57 Å².